The Bertz CT molecular complexity index is 616. The summed E-state index contributed by atoms with van der Waals surface area (Å²) >= 11 is 6.27. The Labute approximate surface area is 117 Å². The molecular weight excluding hydrogens is 258 g/mol. The minimum atomic E-state index is 0.553. The Morgan fingerprint density at radius 3 is 2.53 bits per heavy atom. The first-order valence-electron chi connectivity index (χ1n) is 6.54. The van der Waals surface area contributed by atoms with E-state index in [-0.39, 0.29) is 0 Å². The summed E-state index contributed by atoms with van der Waals surface area (Å²) in [5, 5.41) is 14.1. The minimum absolute atomic E-state index is 0.553. The van der Waals surface area contributed by atoms with E-state index in [1.54, 1.807) is 16.8 Å². The third kappa shape index (κ3) is 2.36. The first kappa shape index (κ1) is 12.3. The van der Waals surface area contributed by atoms with Crippen molar-refractivity contribution in [1.82, 2.24) is 9.78 Å². The molecule has 0 N–H and O–H groups in total. The lowest BCUT2D eigenvalue weighted by atomic mass is 10.1. The molecule has 0 saturated heterocycles. The van der Waals surface area contributed by atoms with Gasteiger partial charge in [0, 0.05) is 5.92 Å². The molecular formula is C15H14ClN3. The zero-order chi connectivity index (χ0) is 13.2. The van der Waals surface area contributed by atoms with Gasteiger partial charge in [-0.3, -0.25) is 0 Å². The zero-order valence-corrected chi connectivity index (χ0v) is 11.3. The van der Waals surface area contributed by atoms with E-state index in [0.717, 1.165) is 11.4 Å². The van der Waals surface area contributed by atoms with Gasteiger partial charge in [0.2, 0.25) is 0 Å². The third-order valence-corrected chi connectivity index (χ3v) is 3.97. The van der Waals surface area contributed by atoms with Gasteiger partial charge in [0.25, 0.3) is 0 Å². The number of nitrogens with zero attached hydrogens (tertiary/aromatic N) is 3. The van der Waals surface area contributed by atoms with Crippen molar-refractivity contribution in [1.29, 1.82) is 5.26 Å². The zero-order valence-electron chi connectivity index (χ0n) is 10.5. The maximum absolute atomic E-state index is 8.80. The Morgan fingerprint density at radius 2 is 1.89 bits per heavy atom. The molecule has 1 fully saturated rings. The van der Waals surface area contributed by atoms with E-state index in [1.807, 2.05) is 18.2 Å². The monoisotopic (exact) mass is 271 g/mol. The second-order valence-corrected chi connectivity index (χ2v) is 5.33. The number of nitriles is 1. The van der Waals surface area contributed by atoms with Gasteiger partial charge in [0.05, 0.1) is 23.0 Å². The first-order chi connectivity index (χ1) is 9.28. The topological polar surface area (TPSA) is 41.6 Å². The second-order valence-electron chi connectivity index (χ2n) is 4.94. The van der Waals surface area contributed by atoms with Crippen LogP contribution in [0.2, 0.25) is 5.15 Å². The van der Waals surface area contributed by atoms with Crippen LogP contribution in [0.25, 0.3) is 5.69 Å². The highest BCUT2D eigenvalue weighted by Gasteiger charge is 2.21. The summed E-state index contributed by atoms with van der Waals surface area (Å²) in [6.07, 6.45) is 4.99. The maximum atomic E-state index is 8.80. The van der Waals surface area contributed by atoms with Crippen LogP contribution in [0.4, 0.5) is 0 Å². The van der Waals surface area contributed by atoms with Gasteiger partial charge in [-0.25, -0.2) is 4.68 Å². The first-order valence-corrected chi connectivity index (χ1v) is 6.92. The van der Waals surface area contributed by atoms with Crippen LogP contribution >= 0.6 is 11.6 Å². The lowest BCUT2D eigenvalue weighted by Gasteiger charge is -2.05. The SMILES string of the molecule is N#Cc1ccc(-n2nc(C3CCCC3)cc2Cl)cc1. The summed E-state index contributed by atoms with van der Waals surface area (Å²) in [5.41, 5.74) is 2.63. The Morgan fingerprint density at radius 1 is 1.21 bits per heavy atom. The largest absolute Gasteiger partial charge is 0.222 e. The minimum Gasteiger partial charge on any atom is -0.222 e. The quantitative estimate of drug-likeness (QED) is 0.827. The average molecular weight is 272 g/mol. The van der Waals surface area contributed by atoms with E-state index in [9.17, 15) is 0 Å². The van der Waals surface area contributed by atoms with Gasteiger partial charge in [0.1, 0.15) is 5.15 Å². The molecule has 2 aromatic rings. The molecule has 0 atom stereocenters. The van der Waals surface area contributed by atoms with E-state index in [4.69, 9.17) is 16.9 Å². The standard InChI is InChI=1S/C15H14ClN3/c16-15-9-14(12-3-1-2-4-12)18-19(15)13-7-5-11(10-17)6-8-13/h5-9,12H,1-4H2. The molecule has 0 amide bonds. The highest BCUT2D eigenvalue weighted by Crippen LogP contribution is 2.34. The predicted octanol–water partition coefficient (Wildman–Crippen LogP) is 4.05. The van der Waals surface area contributed by atoms with Crippen LogP contribution in [-0.4, -0.2) is 9.78 Å². The van der Waals surface area contributed by atoms with Crippen molar-refractivity contribution in [3.63, 3.8) is 0 Å². The Kier molecular flexibility index (Phi) is 3.27. The van der Waals surface area contributed by atoms with Gasteiger partial charge in [0.15, 0.2) is 0 Å². The van der Waals surface area contributed by atoms with Gasteiger partial charge >= 0.3 is 0 Å². The highest BCUT2D eigenvalue weighted by atomic mass is 35.5. The molecule has 0 radical (unpaired) electrons. The molecule has 1 aliphatic carbocycles. The third-order valence-electron chi connectivity index (χ3n) is 3.70. The smallest absolute Gasteiger partial charge is 0.133 e. The van der Waals surface area contributed by atoms with E-state index >= 15 is 0 Å². The van der Waals surface area contributed by atoms with Crippen molar-refractivity contribution in [3.05, 3.63) is 46.7 Å². The molecule has 1 aromatic carbocycles. The van der Waals surface area contributed by atoms with Crippen LogP contribution in [-0.2, 0) is 0 Å². The normalized spacial score (nSPS) is 15.6. The molecule has 1 saturated carbocycles. The van der Waals surface area contributed by atoms with Crippen molar-refractivity contribution in [3.8, 4) is 11.8 Å². The summed E-state index contributed by atoms with van der Waals surface area (Å²) in [5.74, 6) is 0.553. The highest BCUT2D eigenvalue weighted by molar-refractivity contribution is 6.29. The second kappa shape index (κ2) is 5.07. The molecule has 0 unspecified atom stereocenters. The molecule has 0 bridgehead atoms. The van der Waals surface area contributed by atoms with Crippen LogP contribution in [0.15, 0.2) is 30.3 Å². The number of benzene rings is 1. The van der Waals surface area contributed by atoms with E-state index in [2.05, 4.69) is 11.2 Å². The molecule has 1 aromatic heterocycles. The maximum Gasteiger partial charge on any atom is 0.133 e. The molecule has 3 rings (SSSR count). The summed E-state index contributed by atoms with van der Waals surface area (Å²) < 4.78 is 1.75. The molecule has 0 aliphatic heterocycles. The molecule has 19 heavy (non-hydrogen) atoms. The van der Waals surface area contributed by atoms with Crippen molar-refractivity contribution < 1.29 is 0 Å². The molecule has 3 nitrogen and oxygen atoms in total. The van der Waals surface area contributed by atoms with Crippen molar-refractivity contribution in [2.45, 2.75) is 31.6 Å². The number of hydrogen-bond donors (Lipinski definition) is 0. The summed E-state index contributed by atoms with van der Waals surface area (Å²) in [6.45, 7) is 0. The molecule has 4 heteroatoms. The van der Waals surface area contributed by atoms with Crippen LogP contribution in [0.3, 0.4) is 0 Å². The van der Waals surface area contributed by atoms with E-state index in [0.29, 0.717) is 16.6 Å². The van der Waals surface area contributed by atoms with E-state index < -0.39 is 0 Å². The Balaban J connectivity index is 1.93. The fraction of sp³-hybridized carbons (Fsp3) is 0.333. The lowest BCUT2D eigenvalue weighted by Crippen LogP contribution is -1.99. The van der Waals surface area contributed by atoms with E-state index in [1.165, 1.54) is 25.7 Å². The molecule has 96 valence electrons. The van der Waals surface area contributed by atoms with Crippen LogP contribution in [0.1, 0.15) is 42.9 Å². The van der Waals surface area contributed by atoms with Gasteiger partial charge in [-0.1, -0.05) is 24.4 Å². The summed E-state index contributed by atoms with van der Waals surface area (Å²) in [7, 11) is 0. The van der Waals surface area contributed by atoms with Gasteiger partial charge in [-0.05, 0) is 43.2 Å². The van der Waals surface area contributed by atoms with Crippen LogP contribution in [0.5, 0.6) is 0 Å². The van der Waals surface area contributed by atoms with Crippen molar-refractivity contribution >= 4 is 11.6 Å². The lowest BCUT2D eigenvalue weighted by molar-refractivity contribution is 0.679. The van der Waals surface area contributed by atoms with Gasteiger partial charge in [-0.15, -0.1) is 0 Å². The fourth-order valence-corrected chi connectivity index (χ4v) is 2.90. The molecule has 0 spiro atoms. The number of rotatable bonds is 2. The van der Waals surface area contributed by atoms with Crippen LogP contribution < -0.4 is 0 Å². The van der Waals surface area contributed by atoms with Crippen LogP contribution in [0, 0.1) is 11.3 Å². The predicted molar refractivity (Wildman–Crippen MR) is 74.5 cm³/mol. The Hall–Kier alpha value is -1.79. The number of halogens is 1. The fourth-order valence-electron chi connectivity index (χ4n) is 2.65. The number of aromatic nitrogens is 2. The summed E-state index contributed by atoms with van der Waals surface area (Å²) in [6, 6.07) is 11.4. The summed E-state index contributed by atoms with van der Waals surface area (Å²) in [4.78, 5) is 0. The molecule has 1 aliphatic rings. The van der Waals surface area contributed by atoms with Gasteiger partial charge in [-0.2, -0.15) is 10.4 Å². The molecule has 1 heterocycles. The van der Waals surface area contributed by atoms with Crippen molar-refractivity contribution in [2.75, 3.05) is 0 Å². The van der Waals surface area contributed by atoms with Crippen molar-refractivity contribution in [2.24, 2.45) is 0 Å². The number of hydrogen-bond acceptors (Lipinski definition) is 2. The van der Waals surface area contributed by atoms with Gasteiger partial charge < -0.3 is 0 Å². The average Bonchev–Trinajstić information content (AvgIpc) is 3.08.